The van der Waals surface area contributed by atoms with E-state index in [-0.39, 0.29) is 0 Å². The lowest BCUT2D eigenvalue weighted by atomic mass is 9.78. The van der Waals surface area contributed by atoms with Crippen molar-refractivity contribution in [2.24, 2.45) is 5.73 Å². The average molecular weight is 313 g/mol. The van der Waals surface area contributed by atoms with E-state index in [1.165, 1.54) is 18.5 Å². The lowest BCUT2D eigenvalue weighted by Crippen LogP contribution is -2.35. The normalized spacial score (nSPS) is 23.6. The minimum Gasteiger partial charge on any atom is -0.368 e. The van der Waals surface area contributed by atoms with Crippen molar-refractivity contribution in [3.63, 3.8) is 0 Å². The summed E-state index contributed by atoms with van der Waals surface area (Å²) in [4.78, 5) is 10.8. The molecule has 7 nitrogen and oxygen atoms in total. The Hall–Kier alpha value is -2.15. The van der Waals surface area contributed by atoms with Gasteiger partial charge in [-0.3, -0.25) is 5.10 Å². The predicted octanol–water partition coefficient (Wildman–Crippen LogP) is 1.50. The van der Waals surface area contributed by atoms with Crippen LogP contribution < -0.4 is 16.4 Å². The van der Waals surface area contributed by atoms with Gasteiger partial charge in [0.15, 0.2) is 0 Å². The van der Waals surface area contributed by atoms with Gasteiger partial charge in [0, 0.05) is 31.0 Å². The third kappa shape index (κ3) is 3.01. The van der Waals surface area contributed by atoms with Crippen LogP contribution in [0.25, 0.3) is 0 Å². The number of aromatic amines is 1. The molecular formula is C16H23N7. The fourth-order valence-corrected chi connectivity index (χ4v) is 3.16. The number of nitrogens with zero attached hydrogens (tertiary/aromatic N) is 4. The van der Waals surface area contributed by atoms with Crippen LogP contribution in [0.1, 0.15) is 54.6 Å². The Morgan fingerprint density at radius 2 is 1.96 bits per heavy atom. The topological polar surface area (TPSA) is 110 Å². The van der Waals surface area contributed by atoms with Crippen LogP contribution >= 0.6 is 0 Å². The van der Waals surface area contributed by atoms with Gasteiger partial charge in [0.2, 0.25) is 5.95 Å². The van der Waals surface area contributed by atoms with Crippen LogP contribution in [0.15, 0.2) is 12.1 Å². The zero-order valence-corrected chi connectivity index (χ0v) is 13.4. The molecule has 122 valence electrons. The van der Waals surface area contributed by atoms with Crippen LogP contribution in [0.3, 0.4) is 0 Å². The van der Waals surface area contributed by atoms with E-state index in [1.54, 1.807) is 0 Å². The summed E-state index contributed by atoms with van der Waals surface area (Å²) in [5.74, 6) is 2.24. The van der Waals surface area contributed by atoms with Gasteiger partial charge in [-0.25, -0.2) is 4.98 Å². The number of nitrogens with two attached hydrogens (primary N) is 2. The van der Waals surface area contributed by atoms with Crippen molar-refractivity contribution in [1.29, 1.82) is 0 Å². The molecule has 5 N–H and O–H groups in total. The summed E-state index contributed by atoms with van der Waals surface area (Å²) in [6.45, 7) is 0.722. The standard InChI is InChI=1S/C16H23N7/c1-23(8-12-6-14(22-21-12)9-2-3-9)15-7-13(19-16(18)20-15)10-4-11(17)5-10/h6-7,9-11H,2-5,8,17H2,1H3,(H,21,22)(H2,18,19,20). The van der Waals surface area contributed by atoms with E-state index in [9.17, 15) is 0 Å². The zero-order valence-electron chi connectivity index (χ0n) is 13.4. The first-order valence-corrected chi connectivity index (χ1v) is 8.24. The Kier molecular flexibility index (Phi) is 3.45. The molecule has 2 aliphatic rings. The Bertz CT molecular complexity index is 700. The number of aromatic nitrogens is 4. The molecule has 0 saturated heterocycles. The van der Waals surface area contributed by atoms with Crippen LogP contribution in [-0.4, -0.2) is 33.3 Å². The van der Waals surface area contributed by atoms with Gasteiger partial charge in [-0.1, -0.05) is 0 Å². The highest BCUT2D eigenvalue weighted by atomic mass is 15.2. The van der Waals surface area contributed by atoms with Gasteiger partial charge in [0.05, 0.1) is 23.6 Å². The Labute approximate surface area is 135 Å². The van der Waals surface area contributed by atoms with Gasteiger partial charge in [-0.15, -0.1) is 0 Å². The highest BCUT2D eigenvalue weighted by Gasteiger charge is 2.29. The van der Waals surface area contributed by atoms with Crippen molar-refractivity contribution >= 4 is 11.8 Å². The van der Waals surface area contributed by atoms with Crippen molar-refractivity contribution < 1.29 is 0 Å². The Morgan fingerprint density at radius 1 is 1.17 bits per heavy atom. The molecule has 0 radical (unpaired) electrons. The second-order valence-electron chi connectivity index (χ2n) is 6.89. The van der Waals surface area contributed by atoms with Gasteiger partial charge in [0.25, 0.3) is 0 Å². The van der Waals surface area contributed by atoms with Crippen molar-refractivity contribution in [3.8, 4) is 0 Å². The van der Waals surface area contributed by atoms with E-state index in [1.807, 2.05) is 13.1 Å². The summed E-state index contributed by atoms with van der Waals surface area (Å²) in [7, 11) is 2.01. The molecule has 0 aliphatic heterocycles. The van der Waals surface area contributed by atoms with E-state index >= 15 is 0 Å². The molecule has 0 unspecified atom stereocenters. The minimum atomic E-state index is 0.295. The van der Waals surface area contributed by atoms with Crippen LogP contribution in [0.2, 0.25) is 0 Å². The van der Waals surface area contributed by atoms with Gasteiger partial charge in [-0.05, 0) is 31.7 Å². The first-order chi connectivity index (χ1) is 11.1. The summed E-state index contributed by atoms with van der Waals surface area (Å²) in [6.07, 6.45) is 4.47. The lowest BCUT2D eigenvalue weighted by Gasteiger charge is -2.32. The highest BCUT2D eigenvalue weighted by molar-refractivity contribution is 5.44. The fourth-order valence-electron chi connectivity index (χ4n) is 3.16. The molecule has 2 saturated carbocycles. The monoisotopic (exact) mass is 313 g/mol. The number of hydrogen-bond acceptors (Lipinski definition) is 6. The summed E-state index contributed by atoms with van der Waals surface area (Å²) in [6, 6.07) is 4.48. The molecule has 2 aromatic rings. The summed E-state index contributed by atoms with van der Waals surface area (Å²) >= 11 is 0. The second-order valence-corrected chi connectivity index (χ2v) is 6.89. The van der Waals surface area contributed by atoms with Gasteiger partial charge in [-0.2, -0.15) is 10.1 Å². The number of H-pyrrole nitrogens is 1. The third-order valence-corrected chi connectivity index (χ3v) is 4.79. The Balaban J connectivity index is 1.49. The van der Waals surface area contributed by atoms with E-state index in [2.05, 4.69) is 31.1 Å². The zero-order chi connectivity index (χ0) is 16.0. The highest BCUT2D eigenvalue weighted by Crippen LogP contribution is 2.39. The molecule has 2 aromatic heterocycles. The first-order valence-electron chi connectivity index (χ1n) is 8.24. The van der Waals surface area contributed by atoms with E-state index < -0.39 is 0 Å². The van der Waals surface area contributed by atoms with Crippen LogP contribution in [0.5, 0.6) is 0 Å². The SMILES string of the molecule is CN(Cc1cc(C2CC2)n[nH]1)c1cc(C2CC(N)C2)nc(N)n1. The predicted molar refractivity (Wildman–Crippen MR) is 89.1 cm³/mol. The van der Waals surface area contributed by atoms with Crippen molar-refractivity contribution in [2.75, 3.05) is 17.7 Å². The average Bonchev–Trinajstić information content (AvgIpc) is 3.24. The lowest BCUT2D eigenvalue weighted by molar-refractivity contribution is 0.345. The molecule has 2 heterocycles. The number of nitrogen functional groups attached to an aromatic ring is 1. The number of rotatable bonds is 5. The van der Waals surface area contributed by atoms with Crippen molar-refractivity contribution in [2.45, 2.75) is 50.1 Å². The summed E-state index contributed by atoms with van der Waals surface area (Å²) < 4.78 is 0. The molecular weight excluding hydrogens is 290 g/mol. The molecule has 4 rings (SSSR count). The molecule has 0 spiro atoms. The number of hydrogen-bond donors (Lipinski definition) is 3. The molecule has 0 aromatic carbocycles. The van der Waals surface area contributed by atoms with Crippen molar-refractivity contribution in [3.05, 3.63) is 29.2 Å². The molecule has 7 heteroatoms. The quantitative estimate of drug-likeness (QED) is 0.771. The van der Waals surface area contributed by atoms with E-state index in [4.69, 9.17) is 11.5 Å². The number of anilines is 2. The molecule has 0 atom stereocenters. The maximum atomic E-state index is 5.89. The van der Waals surface area contributed by atoms with Crippen LogP contribution in [0.4, 0.5) is 11.8 Å². The molecule has 0 bridgehead atoms. The maximum Gasteiger partial charge on any atom is 0.222 e. The molecule has 2 fully saturated rings. The second kappa shape index (κ2) is 5.49. The maximum absolute atomic E-state index is 5.89. The fraction of sp³-hybridized carbons (Fsp3) is 0.562. The first kappa shape index (κ1) is 14.4. The molecule has 0 amide bonds. The van der Waals surface area contributed by atoms with Crippen LogP contribution in [-0.2, 0) is 6.54 Å². The summed E-state index contributed by atoms with van der Waals surface area (Å²) in [5.41, 5.74) is 15.1. The molecule has 23 heavy (non-hydrogen) atoms. The van der Waals surface area contributed by atoms with Crippen molar-refractivity contribution in [1.82, 2.24) is 20.2 Å². The smallest absolute Gasteiger partial charge is 0.222 e. The van der Waals surface area contributed by atoms with Gasteiger partial charge >= 0.3 is 0 Å². The van der Waals surface area contributed by atoms with Gasteiger partial charge < -0.3 is 16.4 Å². The summed E-state index contributed by atoms with van der Waals surface area (Å²) in [5, 5.41) is 7.52. The van der Waals surface area contributed by atoms with Gasteiger partial charge in [0.1, 0.15) is 5.82 Å². The van der Waals surface area contributed by atoms with E-state index in [0.717, 1.165) is 36.6 Å². The minimum absolute atomic E-state index is 0.295. The third-order valence-electron chi connectivity index (χ3n) is 4.79. The number of nitrogens with one attached hydrogen (secondary N) is 1. The van der Waals surface area contributed by atoms with E-state index in [0.29, 0.717) is 23.8 Å². The Morgan fingerprint density at radius 3 is 2.65 bits per heavy atom. The molecule has 2 aliphatic carbocycles. The largest absolute Gasteiger partial charge is 0.368 e. The van der Waals surface area contributed by atoms with Crippen LogP contribution in [0, 0.1) is 0 Å².